The fourth-order valence-corrected chi connectivity index (χ4v) is 2.54. The van der Waals surface area contributed by atoms with Gasteiger partial charge in [0.25, 0.3) is 0 Å². The molecular formula is C11H19N7O2. The van der Waals surface area contributed by atoms with E-state index in [9.17, 15) is 10.1 Å². The lowest BCUT2D eigenvalue weighted by molar-refractivity contribution is -0.383. The lowest BCUT2D eigenvalue weighted by Crippen LogP contribution is -2.37. The minimum Gasteiger partial charge on any atom is -0.352 e. The van der Waals surface area contributed by atoms with E-state index in [0.717, 1.165) is 19.4 Å². The molecule has 9 nitrogen and oxygen atoms in total. The second kappa shape index (κ2) is 5.97. The van der Waals surface area contributed by atoms with Gasteiger partial charge in [-0.25, -0.2) is 15.8 Å². The predicted octanol–water partition coefficient (Wildman–Crippen LogP) is 0.201. The number of aromatic nitrogens is 2. The van der Waals surface area contributed by atoms with Crippen LogP contribution in [-0.4, -0.2) is 53.0 Å². The molecule has 1 aromatic rings. The summed E-state index contributed by atoms with van der Waals surface area (Å²) in [4.78, 5) is 22.5. The van der Waals surface area contributed by atoms with Crippen molar-refractivity contribution >= 4 is 17.3 Å². The molecule has 2 rings (SSSR count). The summed E-state index contributed by atoms with van der Waals surface area (Å²) in [6.07, 6.45) is 3.50. The van der Waals surface area contributed by atoms with Crippen LogP contribution in [0.3, 0.4) is 0 Å². The van der Waals surface area contributed by atoms with Gasteiger partial charge in [-0.3, -0.25) is 10.1 Å². The number of likely N-dealkylation sites (tertiary alicyclic amines) is 1. The molecule has 3 N–H and O–H groups in total. The molecule has 0 radical (unpaired) electrons. The molecule has 0 amide bonds. The number of nitrogen functional groups attached to an aromatic ring is 1. The Morgan fingerprint density at radius 3 is 2.95 bits per heavy atom. The molecule has 0 saturated carbocycles. The molecule has 2 heterocycles. The summed E-state index contributed by atoms with van der Waals surface area (Å²) in [5.74, 6) is 5.57. The summed E-state index contributed by atoms with van der Waals surface area (Å²) in [6, 6.07) is 0.379. The molecule has 0 aromatic carbocycles. The fourth-order valence-electron chi connectivity index (χ4n) is 2.54. The highest BCUT2D eigenvalue weighted by Gasteiger charge is 2.28. The number of rotatable bonds is 5. The molecule has 9 heteroatoms. The molecule has 1 fully saturated rings. The molecule has 1 aliphatic rings. The number of anilines is 2. The van der Waals surface area contributed by atoms with Crippen molar-refractivity contribution in [3.63, 3.8) is 0 Å². The number of nitrogens with two attached hydrogens (primary N) is 1. The van der Waals surface area contributed by atoms with Crippen LogP contribution in [0.5, 0.6) is 0 Å². The van der Waals surface area contributed by atoms with Gasteiger partial charge in [0.1, 0.15) is 6.33 Å². The molecular weight excluding hydrogens is 262 g/mol. The Morgan fingerprint density at radius 2 is 2.40 bits per heavy atom. The maximum absolute atomic E-state index is 11.2. The van der Waals surface area contributed by atoms with Gasteiger partial charge in [-0.15, -0.1) is 0 Å². The first-order valence-corrected chi connectivity index (χ1v) is 6.42. The van der Waals surface area contributed by atoms with E-state index in [1.165, 1.54) is 6.33 Å². The summed E-state index contributed by atoms with van der Waals surface area (Å²) in [5, 5.41) is 11.2. The number of nitro groups is 1. The molecule has 1 aliphatic heterocycles. The minimum atomic E-state index is -0.514. The van der Waals surface area contributed by atoms with E-state index in [2.05, 4.69) is 27.3 Å². The Kier molecular flexibility index (Phi) is 4.30. The normalized spacial score (nSPS) is 19.1. The number of hydrogen-bond acceptors (Lipinski definition) is 8. The van der Waals surface area contributed by atoms with Crippen LogP contribution in [-0.2, 0) is 0 Å². The number of likely N-dealkylation sites (N-methyl/N-ethyl adjacent to an activating group) is 2. The number of nitrogens with one attached hydrogen (secondary N) is 1. The van der Waals surface area contributed by atoms with Crippen LogP contribution >= 0.6 is 0 Å². The Balaban J connectivity index is 2.24. The van der Waals surface area contributed by atoms with E-state index in [-0.39, 0.29) is 17.3 Å². The molecule has 1 saturated heterocycles. The van der Waals surface area contributed by atoms with Crippen LogP contribution in [0.1, 0.15) is 12.8 Å². The fraction of sp³-hybridized carbons (Fsp3) is 0.636. The standard InChI is InChI=1S/C11H19N7O2/c1-16-5-3-4-8(16)6-17(2)11-9(18(19)20)10(15-12)13-7-14-11/h7-8H,3-6,12H2,1-2H3,(H,13,14,15). The topological polar surface area (TPSA) is 113 Å². The first-order chi connectivity index (χ1) is 9.54. The highest BCUT2D eigenvalue weighted by molar-refractivity contribution is 5.69. The molecule has 0 spiro atoms. The lowest BCUT2D eigenvalue weighted by atomic mass is 10.2. The third-order valence-electron chi connectivity index (χ3n) is 3.64. The van der Waals surface area contributed by atoms with Gasteiger partial charge in [-0.2, -0.15) is 0 Å². The van der Waals surface area contributed by atoms with Gasteiger partial charge >= 0.3 is 5.69 Å². The van der Waals surface area contributed by atoms with Gasteiger partial charge in [0, 0.05) is 19.6 Å². The largest absolute Gasteiger partial charge is 0.354 e. The maximum atomic E-state index is 11.2. The van der Waals surface area contributed by atoms with Gasteiger partial charge in [0.2, 0.25) is 11.6 Å². The first kappa shape index (κ1) is 14.4. The van der Waals surface area contributed by atoms with Crippen LogP contribution in [0.2, 0.25) is 0 Å². The Morgan fingerprint density at radius 1 is 1.65 bits per heavy atom. The van der Waals surface area contributed by atoms with Gasteiger partial charge in [-0.05, 0) is 26.4 Å². The van der Waals surface area contributed by atoms with Crippen molar-refractivity contribution in [2.75, 3.05) is 37.5 Å². The van der Waals surface area contributed by atoms with Crippen molar-refractivity contribution in [1.29, 1.82) is 0 Å². The molecule has 20 heavy (non-hydrogen) atoms. The van der Waals surface area contributed by atoms with Crippen molar-refractivity contribution in [2.45, 2.75) is 18.9 Å². The molecule has 0 aliphatic carbocycles. The summed E-state index contributed by atoms with van der Waals surface area (Å²) >= 11 is 0. The van der Waals surface area contributed by atoms with E-state index >= 15 is 0 Å². The average molecular weight is 281 g/mol. The smallest absolute Gasteiger partial charge is 0.352 e. The number of nitrogens with zero attached hydrogens (tertiary/aromatic N) is 5. The van der Waals surface area contributed by atoms with Crippen LogP contribution in [0.15, 0.2) is 6.33 Å². The average Bonchev–Trinajstić information content (AvgIpc) is 2.83. The molecule has 110 valence electrons. The van der Waals surface area contributed by atoms with Crippen LogP contribution in [0.4, 0.5) is 17.3 Å². The van der Waals surface area contributed by atoms with Gasteiger partial charge in [0.05, 0.1) is 4.92 Å². The van der Waals surface area contributed by atoms with Crippen molar-refractivity contribution in [3.05, 3.63) is 16.4 Å². The highest BCUT2D eigenvalue weighted by atomic mass is 16.6. The van der Waals surface area contributed by atoms with Crippen LogP contribution in [0.25, 0.3) is 0 Å². The van der Waals surface area contributed by atoms with E-state index in [1.807, 2.05) is 0 Å². The molecule has 1 atom stereocenters. The van der Waals surface area contributed by atoms with E-state index in [1.54, 1.807) is 11.9 Å². The predicted molar refractivity (Wildman–Crippen MR) is 75.4 cm³/mol. The monoisotopic (exact) mass is 281 g/mol. The Labute approximate surface area is 116 Å². The lowest BCUT2D eigenvalue weighted by Gasteiger charge is -2.26. The van der Waals surface area contributed by atoms with E-state index in [0.29, 0.717) is 12.6 Å². The van der Waals surface area contributed by atoms with E-state index < -0.39 is 4.92 Å². The van der Waals surface area contributed by atoms with Crippen molar-refractivity contribution in [3.8, 4) is 0 Å². The molecule has 0 bridgehead atoms. The summed E-state index contributed by atoms with van der Waals surface area (Å²) in [7, 11) is 3.86. The Bertz CT molecular complexity index is 496. The first-order valence-electron chi connectivity index (χ1n) is 6.42. The zero-order chi connectivity index (χ0) is 14.7. The summed E-state index contributed by atoms with van der Waals surface area (Å²) < 4.78 is 0. The SMILES string of the molecule is CN(CC1CCCN1C)c1ncnc(NN)c1[N+](=O)[O-]. The zero-order valence-corrected chi connectivity index (χ0v) is 11.6. The third-order valence-corrected chi connectivity index (χ3v) is 3.64. The Hall–Kier alpha value is -2.00. The molecule has 1 aromatic heterocycles. The van der Waals surface area contributed by atoms with Crippen LogP contribution < -0.4 is 16.2 Å². The highest BCUT2D eigenvalue weighted by Crippen LogP contribution is 2.31. The molecule has 1 unspecified atom stereocenters. The summed E-state index contributed by atoms with van der Waals surface area (Å²) in [6.45, 7) is 1.73. The van der Waals surface area contributed by atoms with Gasteiger partial charge in [0.15, 0.2) is 0 Å². The van der Waals surface area contributed by atoms with E-state index in [4.69, 9.17) is 5.84 Å². The minimum absolute atomic E-state index is 0.0200. The van der Waals surface area contributed by atoms with Crippen molar-refractivity contribution < 1.29 is 4.92 Å². The second-order valence-electron chi connectivity index (χ2n) is 4.95. The number of hydrogen-bond donors (Lipinski definition) is 2. The van der Waals surface area contributed by atoms with Crippen molar-refractivity contribution in [1.82, 2.24) is 14.9 Å². The third kappa shape index (κ3) is 2.78. The quantitative estimate of drug-likeness (QED) is 0.447. The van der Waals surface area contributed by atoms with Gasteiger partial charge < -0.3 is 15.2 Å². The number of hydrazine groups is 1. The second-order valence-corrected chi connectivity index (χ2v) is 4.95. The summed E-state index contributed by atoms with van der Waals surface area (Å²) in [5.41, 5.74) is 2.05. The zero-order valence-electron chi connectivity index (χ0n) is 11.6. The maximum Gasteiger partial charge on any atom is 0.354 e. The van der Waals surface area contributed by atoms with Crippen LogP contribution in [0, 0.1) is 10.1 Å². The van der Waals surface area contributed by atoms with Gasteiger partial charge in [-0.1, -0.05) is 0 Å². The van der Waals surface area contributed by atoms with Crippen molar-refractivity contribution in [2.24, 2.45) is 5.84 Å².